The average Bonchev–Trinajstić information content (AvgIpc) is 2.46. The van der Waals surface area contributed by atoms with Crippen LogP contribution >= 0.6 is 0 Å². The molecular weight excluding hydrogens is 108 g/mol. The number of hydrogen-bond acceptors (Lipinski definition) is 0. The van der Waals surface area contributed by atoms with Gasteiger partial charge in [0.15, 0.2) is 0 Å². The average molecular weight is 122 g/mol. The van der Waals surface area contributed by atoms with Crippen LogP contribution in [0.2, 0.25) is 0 Å². The molecule has 0 N–H and O–H groups in total. The van der Waals surface area contributed by atoms with E-state index in [1.54, 1.807) is 6.42 Å². The van der Waals surface area contributed by atoms with Crippen LogP contribution in [0.15, 0.2) is 12.2 Å². The Labute approximate surface area is 57.0 Å². The van der Waals surface area contributed by atoms with Gasteiger partial charge < -0.3 is 0 Å². The Morgan fingerprint density at radius 3 is 2.00 bits per heavy atom. The molecule has 2 aliphatic carbocycles. The Balaban J connectivity index is 1.91. The molecule has 0 bridgehead atoms. The first-order valence-electron chi connectivity index (χ1n) is 4.12. The molecule has 0 nitrogen and oxygen atoms in total. The number of allylic oxidation sites excluding steroid dienone is 2. The third-order valence-corrected chi connectivity index (χ3v) is 2.64. The van der Waals surface area contributed by atoms with Crippen molar-refractivity contribution in [2.75, 3.05) is 0 Å². The van der Waals surface area contributed by atoms with Gasteiger partial charge in [-0.1, -0.05) is 12.2 Å². The molecule has 0 aromatic heterocycles. The van der Waals surface area contributed by atoms with Gasteiger partial charge in [-0.2, -0.15) is 0 Å². The van der Waals surface area contributed by atoms with Crippen molar-refractivity contribution < 1.29 is 0 Å². The van der Waals surface area contributed by atoms with E-state index in [4.69, 9.17) is 0 Å². The van der Waals surface area contributed by atoms with E-state index in [0.717, 1.165) is 11.8 Å². The molecule has 2 aliphatic rings. The van der Waals surface area contributed by atoms with Gasteiger partial charge in [0.1, 0.15) is 0 Å². The zero-order chi connectivity index (χ0) is 6.10. The Kier molecular flexibility index (Phi) is 1.33. The minimum atomic E-state index is 1.13. The van der Waals surface area contributed by atoms with Crippen molar-refractivity contribution in [3.63, 3.8) is 0 Å². The fraction of sp³-hybridized carbons (Fsp3) is 0.778. The molecule has 1 saturated carbocycles. The van der Waals surface area contributed by atoms with Gasteiger partial charge in [-0.05, 0) is 43.9 Å². The summed E-state index contributed by atoms with van der Waals surface area (Å²) in [7, 11) is 0. The fourth-order valence-electron chi connectivity index (χ4n) is 1.87. The molecule has 0 radical (unpaired) electrons. The Bertz CT molecular complexity index is 110. The van der Waals surface area contributed by atoms with Crippen LogP contribution in [0.1, 0.15) is 32.1 Å². The standard InChI is InChI=1S/C9H14/c1-2-4-6-9-7-8(9)5-3-1/h1-2,8-9H,3-7H2/t8-,9-/m1/s1. The van der Waals surface area contributed by atoms with E-state index in [2.05, 4.69) is 12.2 Å². The maximum absolute atomic E-state index is 2.36. The summed E-state index contributed by atoms with van der Waals surface area (Å²) in [5.41, 5.74) is 0. The molecular formula is C9H14. The van der Waals surface area contributed by atoms with E-state index in [1.165, 1.54) is 25.7 Å². The van der Waals surface area contributed by atoms with Gasteiger partial charge in [-0.25, -0.2) is 0 Å². The van der Waals surface area contributed by atoms with E-state index in [9.17, 15) is 0 Å². The number of rotatable bonds is 0. The molecule has 9 heavy (non-hydrogen) atoms. The van der Waals surface area contributed by atoms with Crippen LogP contribution in [-0.4, -0.2) is 0 Å². The third-order valence-electron chi connectivity index (χ3n) is 2.64. The van der Waals surface area contributed by atoms with Crippen molar-refractivity contribution in [2.24, 2.45) is 11.8 Å². The topological polar surface area (TPSA) is 0 Å². The molecule has 0 saturated heterocycles. The smallest absolute Gasteiger partial charge is 0.0348 e. The summed E-state index contributed by atoms with van der Waals surface area (Å²) in [6, 6.07) is 0. The molecule has 0 aromatic rings. The first-order valence-corrected chi connectivity index (χ1v) is 4.12. The second kappa shape index (κ2) is 2.17. The van der Waals surface area contributed by atoms with Crippen molar-refractivity contribution in [1.29, 1.82) is 0 Å². The highest BCUT2D eigenvalue weighted by Crippen LogP contribution is 2.45. The maximum Gasteiger partial charge on any atom is -0.0348 e. The van der Waals surface area contributed by atoms with Crippen LogP contribution in [0.5, 0.6) is 0 Å². The predicted octanol–water partition coefficient (Wildman–Crippen LogP) is 2.75. The summed E-state index contributed by atoms with van der Waals surface area (Å²) < 4.78 is 0. The lowest BCUT2D eigenvalue weighted by atomic mass is 10.1. The van der Waals surface area contributed by atoms with E-state index >= 15 is 0 Å². The quantitative estimate of drug-likeness (QED) is 0.433. The zero-order valence-electron chi connectivity index (χ0n) is 5.84. The molecule has 2 atom stereocenters. The van der Waals surface area contributed by atoms with Crippen molar-refractivity contribution in [3.05, 3.63) is 12.2 Å². The van der Waals surface area contributed by atoms with Gasteiger partial charge in [0.25, 0.3) is 0 Å². The SMILES string of the molecule is C1=CCC[C@@H]2C[C@H]2CC1. The van der Waals surface area contributed by atoms with Crippen LogP contribution in [0.25, 0.3) is 0 Å². The third kappa shape index (κ3) is 1.17. The minimum Gasteiger partial charge on any atom is -0.0885 e. The highest BCUT2D eigenvalue weighted by Gasteiger charge is 2.35. The largest absolute Gasteiger partial charge is 0.0885 e. The first kappa shape index (κ1) is 5.52. The first-order chi connectivity index (χ1) is 4.47. The molecule has 1 fully saturated rings. The molecule has 0 heteroatoms. The molecule has 0 heterocycles. The normalized spacial score (nSPS) is 40.9. The molecule has 2 rings (SSSR count). The van der Waals surface area contributed by atoms with Crippen molar-refractivity contribution in [2.45, 2.75) is 32.1 Å². The van der Waals surface area contributed by atoms with Gasteiger partial charge in [0.05, 0.1) is 0 Å². The number of hydrogen-bond donors (Lipinski definition) is 0. The monoisotopic (exact) mass is 122 g/mol. The van der Waals surface area contributed by atoms with Gasteiger partial charge >= 0.3 is 0 Å². The molecule has 0 spiro atoms. The molecule has 0 aliphatic heterocycles. The summed E-state index contributed by atoms with van der Waals surface area (Å²) in [4.78, 5) is 0. The van der Waals surface area contributed by atoms with Crippen molar-refractivity contribution in [3.8, 4) is 0 Å². The van der Waals surface area contributed by atoms with Crippen LogP contribution in [0.4, 0.5) is 0 Å². The van der Waals surface area contributed by atoms with Crippen molar-refractivity contribution in [1.82, 2.24) is 0 Å². The Morgan fingerprint density at radius 2 is 1.44 bits per heavy atom. The van der Waals surface area contributed by atoms with E-state index in [0.29, 0.717) is 0 Å². The summed E-state index contributed by atoms with van der Waals surface area (Å²) in [5.74, 6) is 2.27. The Morgan fingerprint density at radius 1 is 0.889 bits per heavy atom. The van der Waals surface area contributed by atoms with Crippen LogP contribution < -0.4 is 0 Å². The summed E-state index contributed by atoms with van der Waals surface area (Å²) in [6.07, 6.45) is 11.9. The highest BCUT2D eigenvalue weighted by atomic mass is 14.4. The molecule has 50 valence electrons. The molecule has 0 unspecified atom stereocenters. The zero-order valence-corrected chi connectivity index (χ0v) is 5.84. The van der Waals surface area contributed by atoms with Gasteiger partial charge in [-0.3, -0.25) is 0 Å². The lowest BCUT2D eigenvalue weighted by molar-refractivity contribution is 0.605. The summed E-state index contributed by atoms with van der Waals surface area (Å²) in [6.45, 7) is 0. The highest BCUT2D eigenvalue weighted by molar-refractivity contribution is 4.94. The van der Waals surface area contributed by atoms with Crippen molar-refractivity contribution >= 4 is 0 Å². The summed E-state index contributed by atoms with van der Waals surface area (Å²) in [5, 5.41) is 0. The summed E-state index contributed by atoms with van der Waals surface area (Å²) >= 11 is 0. The van der Waals surface area contributed by atoms with Crippen LogP contribution in [0.3, 0.4) is 0 Å². The van der Waals surface area contributed by atoms with Crippen LogP contribution in [-0.2, 0) is 0 Å². The second-order valence-electron chi connectivity index (χ2n) is 3.38. The Hall–Kier alpha value is -0.260. The van der Waals surface area contributed by atoms with Gasteiger partial charge in [0.2, 0.25) is 0 Å². The lowest BCUT2D eigenvalue weighted by Crippen LogP contribution is -1.85. The minimum absolute atomic E-state index is 1.13. The number of fused-ring (bicyclic) bond motifs is 1. The maximum atomic E-state index is 2.36. The molecule has 0 aromatic carbocycles. The van der Waals surface area contributed by atoms with Crippen LogP contribution in [0, 0.1) is 11.8 Å². The predicted molar refractivity (Wildman–Crippen MR) is 39.2 cm³/mol. The van der Waals surface area contributed by atoms with E-state index in [-0.39, 0.29) is 0 Å². The molecule has 0 amide bonds. The van der Waals surface area contributed by atoms with Gasteiger partial charge in [0, 0.05) is 0 Å². The van der Waals surface area contributed by atoms with E-state index in [1.807, 2.05) is 0 Å². The lowest BCUT2D eigenvalue weighted by Gasteiger charge is -1.99. The van der Waals surface area contributed by atoms with E-state index < -0.39 is 0 Å². The van der Waals surface area contributed by atoms with Gasteiger partial charge in [-0.15, -0.1) is 0 Å². The second-order valence-corrected chi connectivity index (χ2v) is 3.38. The fourth-order valence-corrected chi connectivity index (χ4v) is 1.87.